The highest BCUT2D eigenvalue weighted by molar-refractivity contribution is 6.32. The molecule has 2 aromatic rings. The monoisotopic (exact) mass is 363 g/mol. The van der Waals surface area contributed by atoms with Gasteiger partial charge in [-0.2, -0.15) is 23.4 Å². The second kappa shape index (κ2) is 6.46. The molecule has 0 atom stereocenters. The molecule has 2 rings (SSSR count). The number of hydrogen-bond donors (Lipinski definition) is 0. The number of aryl methyl sites for hydroxylation is 2. The van der Waals surface area contributed by atoms with Crippen molar-refractivity contribution in [2.24, 2.45) is 7.05 Å². The van der Waals surface area contributed by atoms with Gasteiger partial charge in [0.25, 0.3) is 0 Å². The van der Waals surface area contributed by atoms with Crippen molar-refractivity contribution in [2.75, 3.05) is 7.05 Å². The second-order valence-corrected chi connectivity index (χ2v) is 5.94. The third-order valence-corrected chi connectivity index (χ3v) is 4.09. The Kier molecular flexibility index (Phi) is 4.93. The number of aromatic nitrogens is 4. The molecule has 0 aliphatic rings. The predicted molar refractivity (Wildman–Crippen MR) is 81.4 cm³/mol. The summed E-state index contributed by atoms with van der Waals surface area (Å²) in [5, 5.41) is 7.12. The van der Waals surface area contributed by atoms with Crippen LogP contribution in [0.5, 0.6) is 0 Å². The average Bonchev–Trinajstić information content (AvgIpc) is 2.91. The highest BCUT2D eigenvalue weighted by Gasteiger charge is 2.38. The Morgan fingerprint density at radius 1 is 1.33 bits per heavy atom. The van der Waals surface area contributed by atoms with Crippen LogP contribution in [0.4, 0.5) is 13.2 Å². The first kappa shape index (κ1) is 18.3. The van der Waals surface area contributed by atoms with E-state index < -0.39 is 16.9 Å². The molecule has 0 N–H and O–H groups in total. The topological polar surface area (TPSA) is 56.0 Å². The number of nitrogens with zero attached hydrogens (tertiary/aromatic N) is 5. The summed E-state index contributed by atoms with van der Waals surface area (Å²) in [7, 11) is 3.34. The first-order valence-corrected chi connectivity index (χ1v) is 7.41. The van der Waals surface area contributed by atoms with Gasteiger partial charge in [-0.05, 0) is 13.8 Å². The zero-order valence-corrected chi connectivity index (χ0v) is 14.4. The van der Waals surface area contributed by atoms with Crippen LogP contribution in [-0.4, -0.2) is 37.4 Å². The molecule has 2 aromatic heterocycles. The van der Waals surface area contributed by atoms with E-state index in [9.17, 15) is 18.0 Å². The maximum atomic E-state index is 12.8. The average molecular weight is 364 g/mol. The Labute approximate surface area is 141 Å². The lowest BCUT2D eigenvalue weighted by atomic mass is 10.2. The molecular weight excluding hydrogens is 347 g/mol. The van der Waals surface area contributed by atoms with E-state index in [2.05, 4.69) is 10.2 Å². The minimum absolute atomic E-state index is 0.100. The van der Waals surface area contributed by atoms with Gasteiger partial charge in [0.15, 0.2) is 5.69 Å². The molecular formula is C14H17ClF3N5O. The summed E-state index contributed by atoms with van der Waals surface area (Å²) >= 11 is 5.68. The van der Waals surface area contributed by atoms with Gasteiger partial charge in [-0.25, -0.2) is 0 Å². The minimum atomic E-state index is -4.66. The predicted octanol–water partition coefficient (Wildman–Crippen LogP) is 2.56. The number of halogens is 4. The molecule has 0 unspecified atom stereocenters. The molecule has 0 saturated heterocycles. The summed E-state index contributed by atoms with van der Waals surface area (Å²) in [5.41, 5.74) is 0.567. The summed E-state index contributed by atoms with van der Waals surface area (Å²) < 4.78 is 41.0. The van der Waals surface area contributed by atoms with Crippen LogP contribution in [0.25, 0.3) is 0 Å². The number of carbonyl (C=O) groups excluding carboxylic acids is 1. The van der Waals surface area contributed by atoms with Crippen LogP contribution in [0, 0.1) is 13.8 Å². The van der Waals surface area contributed by atoms with Crippen LogP contribution in [0.15, 0.2) is 6.20 Å². The Balaban J connectivity index is 2.13. The van der Waals surface area contributed by atoms with Gasteiger partial charge in [0.1, 0.15) is 6.54 Å². The lowest BCUT2D eigenvalue weighted by Gasteiger charge is -2.17. The van der Waals surface area contributed by atoms with Crippen molar-refractivity contribution in [3.63, 3.8) is 0 Å². The van der Waals surface area contributed by atoms with Gasteiger partial charge in [-0.15, -0.1) is 0 Å². The molecule has 0 fully saturated rings. The Hall–Kier alpha value is -2.03. The molecule has 0 aliphatic carbocycles. The highest BCUT2D eigenvalue weighted by Crippen LogP contribution is 2.35. The molecule has 6 nitrogen and oxygen atoms in total. The van der Waals surface area contributed by atoms with Crippen molar-refractivity contribution in [2.45, 2.75) is 33.1 Å². The molecule has 2 heterocycles. The van der Waals surface area contributed by atoms with Gasteiger partial charge in [0.05, 0.1) is 16.4 Å². The van der Waals surface area contributed by atoms with Crippen LogP contribution >= 0.6 is 11.6 Å². The Morgan fingerprint density at radius 3 is 2.42 bits per heavy atom. The number of amides is 1. The third-order valence-electron chi connectivity index (χ3n) is 3.64. The molecule has 0 spiro atoms. The van der Waals surface area contributed by atoms with Crippen molar-refractivity contribution >= 4 is 17.5 Å². The summed E-state index contributed by atoms with van der Waals surface area (Å²) in [4.78, 5) is 13.7. The molecule has 10 heteroatoms. The van der Waals surface area contributed by atoms with Crippen LogP contribution < -0.4 is 0 Å². The molecule has 0 bridgehead atoms. The number of hydrogen-bond acceptors (Lipinski definition) is 3. The van der Waals surface area contributed by atoms with E-state index in [0.717, 1.165) is 15.9 Å². The fraction of sp³-hybridized carbons (Fsp3) is 0.500. The van der Waals surface area contributed by atoms with Crippen molar-refractivity contribution in [3.05, 3.63) is 33.9 Å². The van der Waals surface area contributed by atoms with Crippen LogP contribution in [0.3, 0.4) is 0 Å². The molecule has 24 heavy (non-hydrogen) atoms. The molecule has 132 valence electrons. The summed E-state index contributed by atoms with van der Waals surface area (Å²) in [6, 6.07) is 0. The van der Waals surface area contributed by atoms with Crippen LogP contribution in [-0.2, 0) is 31.1 Å². The maximum absolute atomic E-state index is 12.8. The SMILES string of the molecule is Cc1nn(C)cc1CN(C)C(=O)Cn1nc(C(F)(F)F)c(Cl)c1C. The summed E-state index contributed by atoms with van der Waals surface area (Å²) in [6.07, 6.45) is -2.87. The molecule has 0 aromatic carbocycles. The van der Waals surface area contributed by atoms with Crippen LogP contribution in [0.1, 0.15) is 22.6 Å². The van der Waals surface area contributed by atoms with Gasteiger partial charge < -0.3 is 4.90 Å². The van der Waals surface area contributed by atoms with E-state index in [4.69, 9.17) is 11.6 Å². The van der Waals surface area contributed by atoms with E-state index in [1.807, 2.05) is 6.92 Å². The smallest absolute Gasteiger partial charge is 0.340 e. The van der Waals surface area contributed by atoms with E-state index in [1.165, 1.54) is 11.8 Å². The quantitative estimate of drug-likeness (QED) is 0.839. The molecule has 1 amide bonds. The van der Waals surface area contributed by atoms with Crippen molar-refractivity contribution in [1.29, 1.82) is 0 Å². The largest absolute Gasteiger partial charge is 0.436 e. The minimum Gasteiger partial charge on any atom is -0.340 e. The Morgan fingerprint density at radius 2 is 1.96 bits per heavy atom. The first-order valence-electron chi connectivity index (χ1n) is 7.04. The van der Waals surface area contributed by atoms with E-state index in [-0.39, 0.29) is 18.1 Å². The fourth-order valence-corrected chi connectivity index (χ4v) is 2.50. The van der Waals surface area contributed by atoms with Gasteiger partial charge in [0, 0.05) is 32.4 Å². The molecule has 0 saturated carbocycles. The zero-order valence-electron chi connectivity index (χ0n) is 13.6. The van der Waals surface area contributed by atoms with Crippen molar-refractivity contribution in [3.8, 4) is 0 Å². The van der Waals surface area contributed by atoms with E-state index >= 15 is 0 Å². The van der Waals surface area contributed by atoms with Crippen LogP contribution in [0.2, 0.25) is 5.02 Å². The highest BCUT2D eigenvalue weighted by atomic mass is 35.5. The molecule has 0 radical (unpaired) electrons. The van der Waals surface area contributed by atoms with Gasteiger partial charge in [-0.3, -0.25) is 14.2 Å². The fourth-order valence-electron chi connectivity index (χ4n) is 2.26. The van der Waals surface area contributed by atoms with E-state index in [1.54, 1.807) is 25.0 Å². The Bertz CT molecular complexity index is 765. The van der Waals surface area contributed by atoms with Gasteiger partial charge >= 0.3 is 6.18 Å². The maximum Gasteiger partial charge on any atom is 0.436 e. The lowest BCUT2D eigenvalue weighted by Crippen LogP contribution is -2.30. The third kappa shape index (κ3) is 3.72. The van der Waals surface area contributed by atoms with E-state index in [0.29, 0.717) is 6.54 Å². The number of likely N-dealkylation sites (N-methyl/N-ethyl adjacent to an activating group) is 1. The summed E-state index contributed by atoms with van der Waals surface area (Å²) in [5.74, 6) is -0.380. The lowest BCUT2D eigenvalue weighted by molar-refractivity contribution is -0.142. The number of carbonyl (C=O) groups is 1. The number of alkyl halides is 3. The summed E-state index contributed by atoms with van der Waals surface area (Å²) in [6.45, 7) is 3.19. The standard InChI is InChI=1S/C14H17ClF3N5O/c1-8-10(6-22(4)19-8)5-21(3)11(24)7-23-9(2)12(15)13(20-23)14(16,17)18/h6H,5,7H2,1-4H3. The normalized spacial score (nSPS) is 11.8. The van der Waals surface area contributed by atoms with Crippen molar-refractivity contribution in [1.82, 2.24) is 24.5 Å². The van der Waals surface area contributed by atoms with Gasteiger partial charge in [0.2, 0.25) is 5.91 Å². The van der Waals surface area contributed by atoms with Crippen molar-refractivity contribution < 1.29 is 18.0 Å². The zero-order chi connectivity index (χ0) is 18.2. The van der Waals surface area contributed by atoms with Gasteiger partial charge in [-0.1, -0.05) is 11.6 Å². The molecule has 0 aliphatic heterocycles. The second-order valence-electron chi connectivity index (χ2n) is 5.57. The number of rotatable bonds is 4. The first-order chi connectivity index (χ1) is 11.0.